The van der Waals surface area contributed by atoms with E-state index in [4.69, 9.17) is 0 Å². The highest BCUT2D eigenvalue weighted by Crippen LogP contribution is 2.36. The molecule has 1 saturated carbocycles. The second kappa shape index (κ2) is 5.92. The average Bonchev–Trinajstić information content (AvgIpc) is 2.29. The highest BCUT2D eigenvalue weighted by molar-refractivity contribution is 7.99. The van der Waals surface area contributed by atoms with E-state index in [1.54, 1.807) is 0 Å². The molecule has 1 fully saturated rings. The summed E-state index contributed by atoms with van der Waals surface area (Å²) >= 11 is 1.94. The molecule has 2 heteroatoms. The molecule has 1 N–H and O–H groups in total. The third-order valence-electron chi connectivity index (χ3n) is 3.78. The van der Waals surface area contributed by atoms with Crippen LogP contribution in [0.15, 0.2) is 24.3 Å². The van der Waals surface area contributed by atoms with Crippen molar-refractivity contribution >= 4 is 11.8 Å². The Labute approximate surface area is 109 Å². The van der Waals surface area contributed by atoms with Crippen LogP contribution in [0.1, 0.15) is 36.8 Å². The summed E-state index contributed by atoms with van der Waals surface area (Å²) in [5, 5.41) is 4.39. The van der Waals surface area contributed by atoms with Crippen LogP contribution in [0.5, 0.6) is 0 Å². The van der Waals surface area contributed by atoms with E-state index in [9.17, 15) is 0 Å². The van der Waals surface area contributed by atoms with Gasteiger partial charge in [0.1, 0.15) is 0 Å². The lowest BCUT2D eigenvalue weighted by atomic mass is 9.76. The number of nitrogens with one attached hydrogen (secondary N) is 1. The Bertz CT molecular complexity index is 340. The molecule has 0 heterocycles. The van der Waals surface area contributed by atoms with Crippen LogP contribution in [0.4, 0.5) is 0 Å². The molecule has 2 rings (SSSR count). The van der Waals surface area contributed by atoms with Crippen molar-refractivity contribution in [2.75, 3.05) is 12.8 Å². The molecule has 1 aliphatic carbocycles. The van der Waals surface area contributed by atoms with Crippen LogP contribution < -0.4 is 5.32 Å². The Morgan fingerprint density at radius 1 is 1.29 bits per heavy atom. The maximum absolute atomic E-state index is 3.66. The summed E-state index contributed by atoms with van der Waals surface area (Å²) < 4.78 is 0. The lowest BCUT2D eigenvalue weighted by Gasteiger charge is -2.37. The first-order chi connectivity index (χ1) is 8.19. The molecule has 1 aliphatic rings. The lowest BCUT2D eigenvalue weighted by molar-refractivity contribution is 0.293. The average molecular weight is 249 g/mol. The number of benzene rings is 1. The maximum atomic E-state index is 3.66. The highest BCUT2D eigenvalue weighted by Gasteiger charge is 2.29. The predicted octanol–water partition coefficient (Wildman–Crippen LogP) is 3.58. The third-order valence-corrected chi connectivity index (χ3v) is 4.75. The molecular formula is C15H23NS. The minimum atomic E-state index is 0.730. The smallest absolute Gasteiger partial charge is 0.0141 e. The van der Waals surface area contributed by atoms with Gasteiger partial charge in [0.15, 0.2) is 0 Å². The van der Waals surface area contributed by atoms with E-state index in [0.29, 0.717) is 0 Å². The van der Waals surface area contributed by atoms with E-state index < -0.39 is 0 Å². The van der Waals surface area contributed by atoms with Crippen molar-refractivity contribution in [2.45, 2.75) is 43.9 Å². The fourth-order valence-electron chi connectivity index (χ4n) is 2.31. The number of rotatable bonds is 5. The first-order valence-electron chi connectivity index (χ1n) is 6.51. The number of aryl methyl sites for hydroxylation is 1. The SMILES string of the molecule is CSC(C)CNC1CC(c2ccc(C)cc2)C1. The van der Waals surface area contributed by atoms with E-state index in [-0.39, 0.29) is 0 Å². The summed E-state index contributed by atoms with van der Waals surface area (Å²) in [5.74, 6) is 0.790. The van der Waals surface area contributed by atoms with Gasteiger partial charge in [-0.3, -0.25) is 0 Å². The molecule has 0 amide bonds. The van der Waals surface area contributed by atoms with Gasteiger partial charge in [0.05, 0.1) is 0 Å². The second-order valence-corrected chi connectivity index (χ2v) is 6.51. The molecule has 1 aromatic rings. The fourth-order valence-corrected chi connectivity index (χ4v) is 2.57. The third kappa shape index (κ3) is 3.49. The standard InChI is InChI=1S/C15H23NS/c1-11-4-6-13(7-5-11)14-8-15(9-14)16-10-12(2)17-3/h4-7,12,14-16H,8-10H2,1-3H3. The maximum Gasteiger partial charge on any atom is 0.0141 e. The van der Waals surface area contributed by atoms with Crippen molar-refractivity contribution in [1.29, 1.82) is 0 Å². The summed E-state index contributed by atoms with van der Waals surface area (Å²) in [5.41, 5.74) is 2.88. The summed E-state index contributed by atoms with van der Waals surface area (Å²) in [6, 6.07) is 9.79. The first kappa shape index (κ1) is 13.0. The van der Waals surface area contributed by atoms with Crippen LogP contribution in [-0.4, -0.2) is 24.1 Å². The van der Waals surface area contributed by atoms with Gasteiger partial charge in [-0.25, -0.2) is 0 Å². The Morgan fingerprint density at radius 2 is 1.94 bits per heavy atom. The van der Waals surface area contributed by atoms with Crippen LogP contribution in [0.2, 0.25) is 0 Å². The molecule has 0 saturated heterocycles. The Balaban J connectivity index is 1.73. The van der Waals surface area contributed by atoms with Crippen molar-refractivity contribution in [1.82, 2.24) is 5.32 Å². The topological polar surface area (TPSA) is 12.0 Å². The van der Waals surface area contributed by atoms with Gasteiger partial charge >= 0.3 is 0 Å². The summed E-state index contributed by atoms with van der Waals surface area (Å²) in [4.78, 5) is 0. The Hall–Kier alpha value is -0.470. The van der Waals surface area contributed by atoms with Gasteiger partial charge in [-0.1, -0.05) is 36.8 Å². The summed E-state index contributed by atoms with van der Waals surface area (Å²) in [7, 11) is 0. The van der Waals surface area contributed by atoms with Crippen LogP contribution >= 0.6 is 11.8 Å². The minimum absolute atomic E-state index is 0.730. The molecule has 1 unspecified atom stereocenters. The van der Waals surface area contributed by atoms with Gasteiger partial charge in [-0.15, -0.1) is 0 Å². The molecule has 0 radical (unpaired) electrons. The Morgan fingerprint density at radius 3 is 2.53 bits per heavy atom. The van der Waals surface area contributed by atoms with Gasteiger partial charge in [0.25, 0.3) is 0 Å². The predicted molar refractivity (Wildman–Crippen MR) is 77.9 cm³/mol. The van der Waals surface area contributed by atoms with Crippen LogP contribution in [0.25, 0.3) is 0 Å². The number of hydrogen-bond acceptors (Lipinski definition) is 2. The zero-order valence-corrected chi connectivity index (χ0v) is 11.9. The molecule has 94 valence electrons. The van der Waals surface area contributed by atoms with Crippen molar-refractivity contribution in [2.24, 2.45) is 0 Å². The molecule has 0 spiro atoms. The van der Waals surface area contributed by atoms with E-state index in [1.165, 1.54) is 24.0 Å². The molecule has 1 nitrogen and oxygen atoms in total. The highest BCUT2D eigenvalue weighted by atomic mass is 32.2. The van der Waals surface area contributed by atoms with Crippen LogP contribution in [0.3, 0.4) is 0 Å². The van der Waals surface area contributed by atoms with Crippen molar-refractivity contribution < 1.29 is 0 Å². The largest absolute Gasteiger partial charge is 0.313 e. The molecule has 0 aliphatic heterocycles. The van der Waals surface area contributed by atoms with E-state index in [0.717, 1.165) is 23.8 Å². The zero-order chi connectivity index (χ0) is 12.3. The number of thioether (sulfide) groups is 1. The van der Waals surface area contributed by atoms with Crippen LogP contribution in [-0.2, 0) is 0 Å². The minimum Gasteiger partial charge on any atom is -0.313 e. The van der Waals surface area contributed by atoms with Crippen molar-refractivity contribution in [3.8, 4) is 0 Å². The van der Waals surface area contributed by atoms with Crippen molar-refractivity contribution in [3.63, 3.8) is 0 Å². The molecule has 0 aromatic heterocycles. The normalized spacial score (nSPS) is 25.4. The quantitative estimate of drug-likeness (QED) is 0.856. The van der Waals surface area contributed by atoms with Crippen molar-refractivity contribution in [3.05, 3.63) is 35.4 Å². The van der Waals surface area contributed by atoms with Gasteiger partial charge in [-0.2, -0.15) is 11.8 Å². The van der Waals surface area contributed by atoms with E-state index >= 15 is 0 Å². The molecule has 1 aromatic carbocycles. The number of hydrogen-bond donors (Lipinski definition) is 1. The lowest BCUT2D eigenvalue weighted by Crippen LogP contribution is -2.42. The second-order valence-electron chi connectivity index (χ2n) is 5.23. The molecule has 17 heavy (non-hydrogen) atoms. The fraction of sp³-hybridized carbons (Fsp3) is 0.600. The Kier molecular flexibility index (Phi) is 4.52. The van der Waals surface area contributed by atoms with Crippen LogP contribution in [0, 0.1) is 6.92 Å². The molecule has 0 bridgehead atoms. The van der Waals surface area contributed by atoms with Gasteiger partial charge < -0.3 is 5.32 Å². The van der Waals surface area contributed by atoms with E-state index in [1.807, 2.05) is 11.8 Å². The van der Waals surface area contributed by atoms with Gasteiger partial charge in [-0.05, 0) is 37.5 Å². The van der Waals surface area contributed by atoms with Gasteiger partial charge in [0.2, 0.25) is 0 Å². The van der Waals surface area contributed by atoms with Gasteiger partial charge in [0, 0.05) is 17.8 Å². The molecule has 1 atom stereocenters. The first-order valence-corrected chi connectivity index (χ1v) is 7.80. The summed E-state index contributed by atoms with van der Waals surface area (Å²) in [6.45, 7) is 5.58. The van der Waals surface area contributed by atoms with E-state index in [2.05, 4.69) is 49.7 Å². The monoisotopic (exact) mass is 249 g/mol. The molecular weight excluding hydrogens is 226 g/mol. The summed E-state index contributed by atoms with van der Waals surface area (Å²) in [6.07, 6.45) is 4.80. The zero-order valence-electron chi connectivity index (χ0n) is 11.1.